The van der Waals surface area contributed by atoms with Crippen molar-refractivity contribution in [1.82, 2.24) is 0 Å². The largest absolute Gasteiger partial charge is 0.494 e. The van der Waals surface area contributed by atoms with Crippen molar-refractivity contribution in [2.75, 3.05) is 6.61 Å². The van der Waals surface area contributed by atoms with E-state index >= 15 is 0 Å². The maximum atomic E-state index is 12.6. The average Bonchev–Trinajstić information content (AvgIpc) is 2.26. The number of allylic oxidation sites excluding steroid dienone is 1. The van der Waals surface area contributed by atoms with Crippen molar-refractivity contribution in [3.8, 4) is 5.75 Å². The predicted molar refractivity (Wildman–Crippen MR) is 60.5 cm³/mol. The molecule has 0 aliphatic heterocycles. The van der Waals surface area contributed by atoms with Crippen molar-refractivity contribution in [1.29, 1.82) is 0 Å². The second kappa shape index (κ2) is 6.23. The first-order valence-electron chi connectivity index (χ1n) is 5.23. The highest BCUT2D eigenvalue weighted by Gasteiger charge is 1.97. The summed E-state index contributed by atoms with van der Waals surface area (Å²) in [6.07, 6.45) is 4.01. The molecule has 82 valence electrons. The van der Waals surface area contributed by atoms with Crippen LogP contribution in [-0.4, -0.2) is 6.61 Å². The molecule has 0 spiro atoms. The Balaban J connectivity index is 2.20. The molecule has 0 heterocycles. The third kappa shape index (κ3) is 4.63. The van der Waals surface area contributed by atoms with Gasteiger partial charge in [0, 0.05) is 0 Å². The molecule has 15 heavy (non-hydrogen) atoms. The molecular formula is C13H17FO. The van der Waals surface area contributed by atoms with E-state index in [-0.39, 0.29) is 5.82 Å². The first-order valence-corrected chi connectivity index (χ1v) is 5.23. The standard InChI is InChI=1S/C13H17FO/c1-3-11(2)5-4-10-15-13-8-6-12(14)7-9-13/h3,6-9,11H,1,4-5,10H2,2H3. The van der Waals surface area contributed by atoms with E-state index in [2.05, 4.69) is 13.5 Å². The zero-order valence-corrected chi connectivity index (χ0v) is 9.08. The van der Waals surface area contributed by atoms with E-state index < -0.39 is 0 Å². The molecule has 1 nitrogen and oxygen atoms in total. The molecular weight excluding hydrogens is 191 g/mol. The topological polar surface area (TPSA) is 9.23 Å². The van der Waals surface area contributed by atoms with Crippen LogP contribution in [0.15, 0.2) is 36.9 Å². The monoisotopic (exact) mass is 208 g/mol. The van der Waals surface area contributed by atoms with Crippen LogP contribution >= 0.6 is 0 Å². The van der Waals surface area contributed by atoms with Gasteiger partial charge in [0.05, 0.1) is 6.61 Å². The van der Waals surface area contributed by atoms with Crippen LogP contribution in [0, 0.1) is 11.7 Å². The van der Waals surface area contributed by atoms with Gasteiger partial charge < -0.3 is 4.74 Å². The lowest BCUT2D eigenvalue weighted by Gasteiger charge is -2.07. The lowest BCUT2D eigenvalue weighted by Crippen LogP contribution is -1.99. The average molecular weight is 208 g/mol. The molecule has 0 amide bonds. The van der Waals surface area contributed by atoms with Crippen molar-refractivity contribution >= 4 is 0 Å². The van der Waals surface area contributed by atoms with Crippen LogP contribution < -0.4 is 4.74 Å². The Morgan fingerprint density at radius 3 is 2.67 bits per heavy atom. The minimum absolute atomic E-state index is 0.234. The fraction of sp³-hybridized carbons (Fsp3) is 0.385. The highest BCUT2D eigenvalue weighted by atomic mass is 19.1. The minimum Gasteiger partial charge on any atom is -0.494 e. The summed E-state index contributed by atoms with van der Waals surface area (Å²) in [6, 6.07) is 6.10. The van der Waals surface area contributed by atoms with Crippen LogP contribution in [0.1, 0.15) is 19.8 Å². The van der Waals surface area contributed by atoms with E-state index in [4.69, 9.17) is 4.74 Å². The molecule has 0 fully saturated rings. The normalized spacial score (nSPS) is 12.1. The Morgan fingerprint density at radius 1 is 1.40 bits per heavy atom. The summed E-state index contributed by atoms with van der Waals surface area (Å²) < 4.78 is 18.0. The molecule has 1 rings (SSSR count). The molecule has 0 N–H and O–H groups in total. The number of benzene rings is 1. The number of hydrogen-bond acceptors (Lipinski definition) is 1. The molecule has 1 atom stereocenters. The van der Waals surface area contributed by atoms with Gasteiger partial charge in [-0.05, 0) is 43.0 Å². The fourth-order valence-corrected chi connectivity index (χ4v) is 1.24. The third-order valence-corrected chi connectivity index (χ3v) is 2.29. The number of hydrogen-bond donors (Lipinski definition) is 0. The molecule has 1 aromatic rings. The molecule has 0 aliphatic rings. The van der Waals surface area contributed by atoms with Gasteiger partial charge in [-0.15, -0.1) is 6.58 Å². The Hall–Kier alpha value is -1.31. The maximum absolute atomic E-state index is 12.6. The van der Waals surface area contributed by atoms with E-state index in [0.29, 0.717) is 12.5 Å². The van der Waals surface area contributed by atoms with Gasteiger partial charge in [0.2, 0.25) is 0 Å². The summed E-state index contributed by atoms with van der Waals surface area (Å²) in [6.45, 7) is 6.53. The molecule has 1 unspecified atom stereocenters. The second-order valence-corrected chi connectivity index (χ2v) is 3.66. The van der Waals surface area contributed by atoms with Crippen LogP contribution in [-0.2, 0) is 0 Å². The predicted octanol–water partition coefficient (Wildman–Crippen LogP) is 3.81. The number of halogens is 1. The zero-order valence-electron chi connectivity index (χ0n) is 9.08. The van der Waals surface area contributed by atoms with Crippen molar-refractivity contribution in [3.63, 3.8) is 0 Å². The summed E-state index contributed by atoms with van der Waals surface area (Å²) in [5.74, 6) is 1.02. The van der Waals surface area contributed by atoms with Crippen LogP contribution in [0.5, 0.6) is 5.75 Å². The molecule has 0 saturated carbocycles. The minimum atomic E-state index is -0.234. The van der Waals surface area contributed by atoms with Crippen molar-refractivity contribution in [2.24, 2.45) is 5.92 Å². The van der Waals surface area contributed by atoms with E-state index in [1.54, 1.807) is 12.1 Å². The number of rotatable bonds is 6. The Labute approximate surface area is 90.6 Å². The van der Waals surface area contributed by atoms with Gasteiger partial charge in [-0.25, -0.2) is 4.39 Å². The van der Waals surface area contributed by atoms with E-state index in [1.165, 1.54) is 12.1 Å². The molecule has 0 aliphatic carbocycles. The van der Waals surface area contributed by atoms with Crippen LogP contribution in [0.2, 0.25) is 0 Å². The second-order valence-electron chi connectivity index (χ2n) is 3.66. The molecule has 0 radical (unpaired) electrons. The van der Waals surface area contributed by atoms with E-state index in [9.17, 15) is 4.39 Å². The van der Waals surface area contributed by atoms with Gasteiger partial charge in [-0.3, -0.25) is 0 Å². The molecule has 1 aromatic carbocycles. The number of ether oxygens (including phenoxy) is 1. The summed E-state index contributed by atoms with van der Waals surface area (Å²) in [4.78, 5) is 0. The van der Waals surface area contributed by atoms with Crippen LogP contribution in [0.25, 0.3) is 0 Å². The lowest BCUT2D eigenvalue weighted by atomic mass is 10.1. The van der Waals surface area contributed by atoms with Gasteiger partial charge in [0.25, 0.3) is 0 Å². The van der Waals surface area contributed by atoms with Gasteiger partial charge in [0.15, 0.2) is 0 Å². The molecule has 0 bridgehead atoms. The lowest BCUT2D eigenvalue weighted by molar-refractivity contribution is 0.300. The van der Waals surface area contributed by atoms with Crippen molar-refractivity contribution < 1.29 is 9.13 Å². The van der Waals surface area contributed by atoms with Gasteiger partial charge >= 0.3 is 0 Å². The smallest absolute Gasteiger partial charge is 0.123 e. The Kier molecular flexibility index (Phi) is 4.88. The first kappa shape index (κ1) is 11.8. The SMILES string of the molecule is C=CC(C)CCCOc1ccc(F)cc1. The van der Waals surface area contributed by atoms with E-state index in [0.717, 1.165) is 18.6 Å². The van der Waals surface area contributed by atoms with Crippen molar-refractivity contribution in [3.05, 3.63) is 42.7 Å². The van der Waals surface area contributed by atoms with E-state index in [1.807, 2.05) is 6.08 Å². The highest BCUT2D eigenvalue weighted by molar-refractivity contribution is 5.21. The fourth-order valence-electron chi connectivity index (χ4n) is 1.24. The molecule has 2 heteroatoms. The Morgan fingerprint density at radius 2 is 2.07 bits per heavy atom. The summed E-state index contributed by atoms with van der Waals surface area (Å²) in [7, 11) is 0. The first-order chi connectivity index (χ1) is 7.22. The molecule has 0 aromatic heterocycles. The van der Waals surface area contributed by atoms with Crippen molar-refractivity contribution in [2.45, 2.75) is 19.8 Å². The summed E-state index contributed by atoms with van der Waals surface area (Å²) >= 11 is 0. The van der Waals surface area contributed by atoms with Crippen LogP contribution in [0.4, 0.5) is 4.39 Å². The quantitative estimate of drug-likeness (QED) is 0.510. The van der Waals surface area contributed by atoms with Crippen LogP contribution in [0.3, 0.4) is 0 Å². The summed E-state index contributed by atoms with van der Waals surface area (Å²) in [5, 5.41) is 0. The van der Waals surface area contributed by atoms with Gasteiger partial charge in [-0.2, -0.15) is 0 Å². The third-order valence-electron chi connectivity index (χ3n) is 2.29. The van der Waals surface area contributed by atoms with Gasteiger partial charge in [0.1, 0.15) is 11.6 Å². The van der Waals surface area contributed by atoms with Gasteiger partial charge in [-0.1, -0.05) is 13.0 Å². The maximum Gasteiger partial charge on any atom is 0.123 e. The summed E-state index contributed by atoms with van der Waals surface area (Å²) in [5.41, 5.74) is 0. The molecule has 0 saturated heterocycles. The zero-order chi connectivity index (χ0) is 11.1. The Bertz CT molecular complexity index is 292. The highest BCUT2D eigenvalue weighted by Crippen LogP contribution is 2.12.